The van der Waals surface area contributed by atoms with Crippen LogP contribution in [0.3, 0.4) is 0 Å². The quantitative estimate of drug-likeness (QED) is 0.685. The molecule has 2 aromatic carbocycles. The molecule has 0 amide bonds. The molecule has 0 unspecified atom stereocenters. The molecule has 2 heterocycles. The van der Waals surface area contributed by atoms with Crippen LogP contribution < -0.4 is 10.9 Å². The lowest BCUT2D eigenvalue weighted by molar-refractivity contribution is 0.242. The predicted octanol–water partition coefficient (Wildman–Crippen LogP) is 3.83. The second-order valence-electron chi connectivity index (χ2n) is 6.42. The van der Waals surface area contributed by atoms with E-state index in [9.17, 15) is 4.79 Å². The first-order chi connectivity index (χ1) is 12.7. The average Bonchev–Trinajstić information content (AvgIpc) is 2.65. The number of hydrogen-bond donors (Lipinski definition) is 2. The maximum Gasteiger partial charge on any atom is 0.257 e. The summed E-state index contributed by atoms with van der Waals surface area (Å²) in [5.74, 6) is 0.493. The fourth-order valence-corrected chi connectivity index (χ4v) is 3.45. The van der Waals surface area contributed by atoms with E-state index in [1.54, 1.807) is 0 Å². The SMILES string of the molecule is O=c1[nH]c(Nc2ccc(Br)cc2)nc2c1CN(Cc1ccccc1)CC2. The van der Waals surface area contributed by atoms with Gasteiger partial charge in [0.1, 0.15) is 0 Å². The van der Waals surface area contributed by atoms with Gasteiger partial charge in [-0.15, -0.1) is 0 Å². The molecule has 0 fully saturated rings. The number of fused-ring (bicyclic) bond motifs is 1. The van der Waals surface area contributed by atoms with Crippen LogP contribution >= 0.6 is 15.9 Å². The van der Waals surface area contributed by atoms with Crippen molar-refractivity contribution in [1.29, 1.82) is 0 Å². The Hall–Kier alpha value is -2.44. The summed E-state index contributed by atoms with van der Waals surface area (Å²) in [4.78, 5) is 22.3. The Morgan fingerprint density at radius 1 is 1.12 bits per heavy atom. The van der Waals surface area contributed by atoms with E-state index in [1.807, 2.05) is 42.5 Å². The number of nitrogens with zero attached hydrogens (tertiary/aromatic N) is 2. The van der Waals surface area contributed by atoms with Crippen molar-refractivity contribution in [1.82, 2.24) is 14.9 Å². The summed E-state index contributed by atoms with van der Waals surface area (Å²) < 4.78 is 1.01. The Bertz CT molecular complexity index is 954. The fraction of sp³-hybridized carbons (Fsp3) is 0.200. The topological polar surface area (TPSA) is 61.0 Å². The maximum absolute atomic E-state index is 12.6. The van der Waals surface area contributed by atoms with Crippen molar-refractivity contribution < 1.29 is 0 Å². The van der Waals surface area contributed by atoms with Crippen molar-refractivity contribution in [3.8, 4) is 0 Å². The standard InChI is InChI=1S/C20H19BrN4O/c21-15-6-8-16(9-7-15)22-20-23-18-10-11-25(13-17(18)19(26)24-20)12-14-4-2-1-3-5-14/h1-9H,10-13H2,(H2,22,23,24,26). The number of nitrogens with one attached hydrogen (secondary N) is 2. The molecule has 0 spiro atoms. The van der Waals surface area contributed by atoms with Gasteiger partial charge in [0.15, 0.2) is 0 Å². The molecular formula is C20H19BrN4O. The first kappa shape index (κ1) is 17.0. The molecule has 0 saturated heterocycles. The lowest BCUT2D eigenvalue weighted by atomic mass is 10.1. The normalized spacial score (nSPS) is 14.0. The summed E-state index contributed by atoms with van der Waals surface area (Å²) in [7, 11) is 0. The Labute approximate surface area is 160 Å². The highest BCUT2D eigenvalue weighted by Crippen LogP contribution is 2.20. The largest absolute Gasteiger partial charge is 0.326 e. The highest BCUT2D eigenvalue weighted by Gasteiger charge is 2.21. The molecule has 0 bridgehead atoms. The second kappa shape index (κ2) is 7.43. The molecule has 0 atom stereocenters. The van der Waals surface area contributed by atoms with Gasteiger partial charge in [-0.05, 0) is 29.8 Å². The molecule has 0 saturated carbocycles. The molecule has 5 nitrogen and oxygen atoms in total. The van der Waals surface area contributed by atoms with E-state index in [0.717, 1.165) is 40.9 Å². The number of halogens is 1. The summed E-state index contributed by atoms with van der Waals surface area (Å²) in [6.07, 6.45) is 0.779. The molecule has 2 N–H and O–H groups in total. The monoisotopic (exact) mass is 410 g/mol. The van der Waals surface area contributed by atoms with Gasteiger partial charge in [-0.2, -0.15) is 0 Å². The number of anilines is 2. The maximum atomic E-state index is 12.6. The molecule has 4 rings (SSSR count). The van der Waals surface area contributed by atoms with E-state index in [2.05, 4.69) is 48.2 Å². The lowest BCUT2D eigenvalue weighted by Crippen LogP contribution is -2.35. The fourth-order valence-electron chi connectivity index (χ4n) is 3.19. The lowest BCUT2D eigenvalue weighted by Gasteiger charge is -2.27. The number of aromatic nitrogens is 2. The van der Waals surface area contributed by atoms with Gasteiger partial charge < -0.3 is 5.32 Å². The van der Waals surface area contributed by atoms with Crippen molar-refractivity contribution in [2.45, 2.75) is 19.5 Å². The van der Waals surface area contributed by atoms with Crippen molar-refractivity contribution >= 4 is 27.6 Å². The minimum absolute atomic E-state index is 0.0626. The molecule has 1 aliphatic heterocycles. The van der Waals surface area contributed by atoms with Crippen LogP contribution in [-0.4, -0.2) is 21.4 Å². The number of rotatable bonds is 4. The zero-order valence-corrected chi connectivity index (χ0v) is 15.8. The van der Waals surface area contributed by atoms with Crippen LogP contribution in [0.4, 0.5) is 11.6 Å². The zero-order chi connectivity index (χ0) is 17.9. The third-order valence-electron chi connectivity index (χ3n) is 4.50. The van der Waals surface area contributed by atoms with Crippen molar-refractivity contribution in [2.75, 3.05) is 11.9 Å². The second-order valence-corrected chi connectivity index (χ2v) is 7.33. The van der Waals surface area contributed by atoms with Crippen LogP contribution in [0, 0.1) is 0 Å². The number of hydrogen-bond acceptors (Lipinski definition) is 4. The third-order valence-corrected chi connectivity index (χ3v) is 5.03. The van der Waals surface area contributed by atoms with Crippen molar-refractivity contribution in [3.63, 3.8) is 0 Å². The Morgan fingerprint density at radius 3 is 2.65 bits per heavy atom. The molecule has 0 radical (unpaired) electrons. The van der Waals surface area contributed by atoms with Gasteiger partial charge in [0.2, 0.25) is 5.95 Å². The molecule has 0 aliphatic carbocycles. The van der Waals surface area contributed by atoms with E-state index in [-0.39, 0.29) is 5.56 Å². The minimum Gasteiger partial charge on any atom is -0.326 e. The highest BCUT2D eigenvalue weighted by atomic mass is 79.9. The van der Waals surface area contributed by atoms with E-state index >= 15 is 0 Å². The Kier molecular flexibility index (Phi) is 4.86. The molecule has 132 valence electrons. The van der Waals surface area contributed by atoms with E-state index in [0.29, 0.717) is 12.5 Å². The summed E-state index contributed by atoms with van der Waals surface area (Å²) >= 11 is 3.42. The molecular weight excluding hydrogens is 392 g/mol. The summed E-state index contributed by atoms with van der Waals surface area (Å²) in [6.45, 7) is 2.37. The molecule has 1 aliphatic rings. The van der Waals surface area contributed by atoms with Gasteiger partial charge in [0.25, 0.3) is 5.56 Å². The van der Waals surface area contributed by atoms with Crippen LogP contribution in [0.2, 0.25) is 0 Å². The minimum atomic E-state index is -0.0626. The van der Waals surface area contributed by atoms with Crippen LogP contribution in [0.1, 0.15) is 16.8 Å². The smallest absolute Gasteiger partial charge is 0.257 e. The Balaban J connectivity index is 1.51. The average molecular weight is 411 g/mol. The van der Waals surface area contributed by atoms with E-state index < -0.39 is 0 Å². The van der Waals surface area contributed by atoms with Gasteiger partial charge in [-0.1, -0.05) is 46.3 Å². The van der Waals surface area contributed by atoms with Crippen molar-refractivity contribution in [2.24, 2.45) is 0 Å². The van der Waals surface area contributed by atoms with Crippen LogP contribution in [0.15, 0.2) is 63.9 Å². The van der Waals surface area contributed by atoms with Gasteiger partial charge in [-0.25, -0.2) is 4.98 Å². The summed E-state index contributed by atoms with van der Waals surface area (Å²) in [5, 5.41) is 3.17. The van der Waals surface area contributed by atoms with E-state index in [1.165, 1.54) is 5.56 Å². The third kappa shape index (κ3) is 3.86. The molecule has 6 heteroatoms. The van der Waals surface area contributed by atoms with Gasteiger partial charge in [-0.3, -0.25) is 14.7 Å². The Morgan fingerprint density at radius 2 is 1.88 bits per heavy atom. The van der Waals surface area contributed by atoms with Crippen molar-refractivity contribution in [3.05, 3.63) is 86.2 Å². The van der Waals surface area contributed by atoms with Crippen LogP contribution in [0.25, 0.3) is 0 Å². The predicted molar refractivity (Wildman–Crippen MR) is 107 cm³/mol. The number of benzene rings is 2. The van der Waals surface area contributed by atoms with Gasteiger partial charge >= 0.3 is 0 Å². The van der Waals surface area contributed by atoms with Gasteiger partial charge in [0.05, 0.1) is 11.3 Å². The van der Waals surface area contributed by atoms with Gasteiger partial charge in [0, 0.05) is 36.2 Å². The summed E-state index contributed by atoms with van der Waals surface area (Å²) in [6, 6.07) is 18.1. The molecule has 26 heavy (non-hydrogen) atoms. The highest BCUT2D eigenvalue weighted by molar-refractivity contribution is 9.10. The molecule has 3 aromatic rings. The van der Waals surface area contributed by atoms with Crippen LogP contribution in [-0.2, 0) is 19.5 Å². The first-order valence-electron chi connectivity index (χ1n) is 8.58. The zero-order valence-electron chi connectivity index (χ0n) is 14.2. The van der Waals surface area contributed by atoms with Crippen LogP contribution in [0.5, 0.6) is 0 Å². The summed E-state index contributed by atoms with van der Waals surface area (Å²) in [5.41, 5.74) is 3.74. The number of aromatic amines is 1. The first-order valence-corrected chi connectivity index (χ1v) is 9.37. The van der Waals surface area contributed by atoms with E-state index in [4.69, 9.17) is 0 Å². The number of H-pyrrole nitrogens is 1. The molecule has 1 aromatic heterocycles.